The Morgan fingerprint density at radius 2 is 2.00 bits per heavy atom. The van der Waals surface area contributed by atoms with Crippen LogP contribution in [0.4, 0.5) is 11.4 Å². The molecule has 0 radical (unpaired) electrons. The van der Waals surface area contributed by atoms with Crippen LogP contribution in [0.3, 0.4) is 0 Å². The van der Waals surface area contributed by atoms with Crippen LogP contribution in [0.5, 0.6) is 0 Å². The highest BCUT2D eigenvalue weighted by Gasteiger charge is 2.30. The largest absolute Gasteiger partial charge is 0.333 e. The minimum absolute atomic E-state index is 0.146. The number of hydrogen-bond donors (Lipinski definition) is 2. The van der Waals surface area contributed by atoms with Gasteiger partial charge in [0, 0.05) is 23.7 Å². The quantitative estimate of drug-likeness (QED) is 0.505. The maximum absolute atomic E-state index is 12.6. The molecule has 0 spiro atoms. The lowest BCUT2D eigenvalue weighted by molar-refractivity contribution is -0.384. The number of anilines is 1. The molecule has 1 aromatic carbocycles. The molecule has 1 saturated heterocycles. The Morgan fingerprint density at radius 1 is 1.38 bits per heavy atom. The molecule has 1 aliphatic rings. The van der Waals surface area contributed by atoms with Crippen LogP contribution in [0.15, 0.2) is 18.2 Å². The smallest absolute Gasteiger partial charge is 0.294 e. The summed E-state index contributed by atoms with van der Waals surface area (Å²) in [6.45, 7) is 4.02. The Hall–Kier alpha value is -2.15. The van der Waals surface area contributed by atoms with Crippen LogP contribution in [0, 0.1) is 10.1 Å². The predicted octanol–water partition coefficient (Wildman–Crippen LogP) is 2.28. The lowest BCUT2D eigenvalue weighted by Gasteiger charge is -2.39. The van der Waals surface area contributed by atoms with Gasteiger partial charge in [-0.25, -0.2) is 0 Å². The molecule has 0 bridgehead atoms. The summed E-state index contributed by atoms with van der Waals surface area (Å²) in [5.74, 6) is 5.09. The molecule has 21 heavy (non-hydrogen) atoms. The summed E-state index contributed by atoms with van der Waals surface area (Å²) in [4.78, 5) is 25.0. The molecule has 1 heterocycles. The average Bonchev–Trinajstić information content (AvgIpc) is 2.46. The first-order valence-corrected chi connectivity index (χ1v) is 7.03. The summed E-state index contributed by atoms with van der Waals surface area (Å²) in [5.41, 5.74) is 2.59. The third kappa shape index (κ3) is 2.97. The highest BCUT2D eigenvalue weighted by atomic mass is 16.6. The number of benzene rings is 1. The van der Waals surface area contributed by atoms with E-state index < -0.39 is 4.92 Å². The van der Waals surface area contributed by atoms with Crippen LogP contribution >= 0.6 is 0 Å². The van der Waals surface area contributed by atoms with Crippen molar-refractivity contribution in [3.8, 4) is 0 Å². The van der Waals surface area contributed by atoms with Gasteiger partial charge in [0.1, 0.15) is 5.69 Å². The van der Waals surface area contributed by atoms with Gasteiger partial charge in [-0.2, -0.15) is 0 Å². The molecule has 7 nitrogen and oxygen atoms in total. The van der Waals surface area contributed by atoms with Gasteiger partial charge >= 0.3 is 0 Å². The second-order valence-electron chi connectivity index (χ2n) is 5.47. The Labute approximate surface area is 123 Å². The van der Waals surface area contributed by atoms with Crippen molar-refractivity contribution < 1.29 is 9.72 Å². The summed E-state index contributed by atoms with van der Waals surface area (Å²) in [7, 11) is 0. The number of hydrazine groups is 1. The van der Waals surface area contributed by atoms with Gasteiger partial charge in [-0.05, 0) is 45.2 Å². The maximum atomic E-state index is 12.6. The minimum atomic E-state index is -0.547. The number of carbonyl (C=O) groups is 1. The Morgan fingerprint density at radius 3 is 2.52 bits per heavy atom. The molecular formula is C14H20N4O3. The molecule has 2 atom stereocenters. The molecule has 0 unspecified atom stereocenters. The van der Waals surface area contributed by atoms with Crippen LogP contribution in [0.1, 0.15) is 43.5 Å². The lowest BCUT2D eigenvalue weighted by Crippen LogP contribution is -2.47. The molecule has 1 aromatic rings. The predicted molar refractivity (Wildman–Crippen MR) is 79.9 cm³/mol. The number of nitro benzene ring substituents is 1. The van der Waals surface area contributed by atoms with Gasteiger partial charge in [0.25, 0.3) is 11.6 Å². The summed E-state index contributed by atoms with van der Waals surface area (Å²) >= 11 is 0. The van der Waals surface area contributed by atoms with E-state index in [1.807, 2.05) is 18.7 Å². The van der Waals surface area contributed by atoms with Gasteiger partial charge in [0.15, 0.2) is 0 Å². The van der Waals surface area contributed by atoms with Crippen LogP contribution < -0.4 is 11.3 Å². The van der Waals surface area contributed by atoms with Crippen LogP contribution in [0.2, 0.25) is 0 Å². The van der Waals surface area contributed by atoms with E-state index in [-0.39, 0.29) is 29.4 Å². The first kappa shape index (κ1) is 15.2. The number of nitrogens with zero attached hydrogens (tertiary/aromatic N) is 2. The number of nitro groups is 1. The standard InChI is InChI=1S/C14H20N4O3/c1-9-4-3-5-10(2)17(9)14(19)11-6-7-12(16-15)13(8-11)18(20)21/h6-10,16H,3-5,15H2,1-2H3/t9-,10+. The Kier molecular flexibility index (Phi) is 4.42. The summed E-state index contributed by atoms with van der Waals surface area (Å²) in [5, 5.41) is 11.0. The van der Waals surface area contributed by atoms with E-state index in [0.29, 0.717) is 5.56 Å². The lowest BCUT2D eigenvalue weighted by atomic mass is 9.96. The maximum Gasteiger partial charge on any atom is 0.294 e. The first-order chi connectivity index (χ1) is 9.95. The third-order valence-corrected chi connectivity index (χ3v) is 4.02. The van der Waals surface area contributed by atoms with Gasteiger partial charge in [-0.15, -0.1) is 0 Å². The Balaban J connectivity index is 2.34. The minimum Gasteiger partial charge on any atom is -0.333 e. The highest BCUT2D eigenvalue weighted by Crippen LogP contribution is 2.28. The SMILES string of the molecule is C[C@@H]1CCC[C@H](C)N1C(=O)c1ccc(NN)c([N+](=O)[O-])c1. The number of rotatable bonds is 3. The van der Waals surface area contributed by atoms with Crippen molar-refractivity contribution in [2.75, 3.05) is 5.43 Å². The summed E-state index contributed by atoms with van der Waals surface area (Å²) in [6.07, 6.45) is 3.02. The zero-order valence-corrected chi connectivity index (χ0v) is 12.2. The molecule has 3 N–H and O–H groups in total. The molecule has 0 saturated carbocycles. The van der Waals surface area contributed by atoms with Crippen LogP contribution in [-0.4, -0.2) is 27.8 Å². The van der Waals surface area contributed by atoms with Gasteiger partial charge in [0.2, 0.25) is 0 Å². The molecule has 7 heteroatoms. The first-order valence-electron chi connectivity index (χ1n) is 7.03. The number of likely N-dealkylation sites (tertiary alicyclic amines) is 1. The topological polar surface area (TPSA) is 102 Å². The highest BCUT2D eigenvalue weighted by molar-refractivity contribution is 5.96. The number of hydrogen-bond acceptors (Lipinski definition) is 5. The molecular weight excluding hydrogens is 272 g/mol. The van der Waals surface area contributed by atoms with E-state index in [4.69, 9.17) is 5.84 Å². The van der Waals surface area contributed by atoms with Crippen molar-refractivity contribution in [2.24, 2.45) is 5.84 Å². The van der Waals surface area contributed by atoms with Crippen molar-refractivity contribution in [3.63, 3.8) is 0 Å². The van der Waals surface area contributed by atoms with E-state index in [1.54, 1.807) is 6.07 Å². The number of piperidine rings is 1. The normalized spacial score (nSPS) is 22.0. The molecule has 1 amide bonds. The molecule has 0 aliphatic carbocycles. The van der Waals surface area contributed by atoms with Crippen LogP contribution in [-0.2, 0) is 0 Å². The van der Waals surface area contributed by atoms with Gasteiger partial charge in [-0.3, -0.25) is 20.8 Å². The second kappa shape index (κ2) is 6.09. The van der Waals surface area contributed by atoms with Crippen molar-refractivity contribution >= 4 is 17.3 Å². The summed E-state index contributed by atoms with van der Waals surface area (Å²) in [6, 6.07) is 4.61. The molecule has 114 valence electrons. The third-order valence-electron chi connectivity index (χ3n) is 4.02. The number of nitrogens with one attached hydrogen (secondary N) is 1. The van der Waals surface area contributed by atoms with E-state index in [9.17, 15) is 14.9 Å². The van der Waals surface area contributed by atoms with E-state index in [1.165, 1.54) is 12.1 Å². The van der Waals surface area contributed by atoms with E-state index >= 15 is 0 Å². The number of nitrogen functional groups attached to an aromatic ring is 1. The monoisotopic (exact) mass is 292 g/mol. The van der Waals surface area contributed by atoms with Crippen molar-refractivity contribution in [3.05, 3.63) is 33.9 Å². The Bertz CT molecular complexity index is 551. The fraction of sp³-hybridized carbons (Fsp3) is 0.500. The average molecular weight is 292 g/mol. The zero-order chi connectivity index (χ0) is 15.6. The van der Waals surface area contributed by atoms with Gasteiger partial charge in [-0.1, -0.05) is 0 Å². The number of nitrogens with two attached hydrogens (primary N) is 1. The molecule has 1 fully saturated rings. The summed E-state index contributed by atoms with van der Waals surface area (Å²) < 4.78 is 0. The van der Waals surface area contributed by atoms with Gasteiger partial charge in [0.05, 0.1) is 4.92 Å². The van der Waals surface area contributed by atoms with Gasteiger partial charge < -0.3 is 10.3 Å². The molecule has 2 rings (SSSR count). The van der Waals surface area contributed by atoms with Crippen LogP contribution in [0.25, 0.3) is 0 Å². The fourth-order valence-corrected chi connectivity index (χ4v) is 2.91. The van der Waals surface area contributed by atoms with E-state index in [2.05, 4.69) is 5.43 Å². The van der Waals surface area contributed by atoms with E-state index in [0.717, 1.165) is 19.3 Å². The molecule has 0 aromatic heterocycles. The fourth-order valence-electron chi connectivity index (χ4n) is 2.91. The zero-order valence-electron chi connectivity index (χ0n) is 12.2. The molecule has 1 aliphatic heterocycles. The van der Waals surface area contributed by atoms with Crippen molar-refractivity contribution in [2.45, 2.75) is 45.2 Å². The number of amides is 1. The second-order valence-corrected chi connectivity index (χ2v) is 5.47. The van der Waals surface area contributed by atoms with Crippen molar-refractivity contribution in [1.82, 2.24) is 4.90 Å². The van der Waals surface area contributed by atoms with Crippen molar-refractivity contribution in [1.29, 1.82) is 0 Å². The number of carbonyl (C=O) groups excluding carboxylic acids is 1.